The molecule has 0 amide bonds. The maximum Gasteiger partial charge on any atom is 0.328 e. The summed E-state index contributed by atoms with van der Waals surface area (Å²) in [5.41, 5.74) is 1.34. The smallest absolute Gasteiger partial charge is 0.328 e. The molecule has 6 nitrogen and oxygen atoms in total. The van der Waals surface area contributed by atoms with Crippen molar-refractivity contribution in [3.63, 3.8) is 0 Å². The van der Waals surface area contributed by atoms with Crippen LogP contribution in [0.1, 0.15) is 57.6 Å². The number of carbonyl (C=O) groups is 2. The van der Waals surface area contributed by atoms with Gasteiger partial charge in [0.25, 0.3) is 0 Å². The first-order valence-electron chi connectivity index (χ1n) is 9.05. The lowest BCUT2D eigenvalue weighted by Crippen LogP contribution is -2.27. The highest BCUT2D eigenvalue weighted by atomic mass is 16.6. The number of esters is 1. The van der Waals surface area contributed by atoms with Gasteiger partial charge in [-0.1, -0.05) is 6.08 Å². The van der Waals surface area contributed by atoms with Crippen LogP contribution in [0.2, 0.25) is 0 Å². The fraction of sp³-hybridized carbons (Fsp3) is 0.476. The minimum absolute atomic E-state index is 0.00313. The van der Waals surface area contributed by atoms with E-state index in [-0.39, 0.29) is 18.4 Å². The van der Waals surface area contributed by atoms with E-state index in [1.165, 1.54) is 11.6 Å². The van der Waals surface area contributed by atoms with Gasteiger partial charge in [-0.2, -0.15) is 5.10 Å². The molecule has 1 aromatic carbocycles. The Morgan fingerprint density at radius 1 is 1.30 bits per heavy atom. The highest BCUT2D eigenvalue weighted by Crippen LogP contribution is 2.30. The molecule has 0 spiro atoms. The second kappa shape index (κ2) is 7.94. The van der Waals surface area contributed by atoms with Gasteiger partial charge in [-0.3, -0.25) is 14.3 Å². The molecule has 0 saturated carbocycles. The fourth-order valence-corrected chi connectivity index (χ4v) is 2.90. The molecule has 146 valence electrons. The number of Topliss-reactive ketones (excluding diaryl/α,β-unsaturated/α-hetero) is 1. The SMILES string of the molecule is C=CCc1cc(OC(C)C)cc2c(C(C)=O)nn(CC(=O)OC(C)(C)C)c12. The van der Waals surface area contributed by atoms with Crippen LogP contribution in [-0.2, 0) is 22.5 Å². The molecule has 0 radical (unpaired) electrons. The van der Waals surface area contributed by atoms with E-state index in [4.69, 9.17) is 9.47 Å². The van der Waals surface area contributed by atoms with Gasteiger partial charge in [0.05, 0.1) is 11.6 Å². The Morgan fingerprint density at radius 2 is 1.96 bits per heavy atom. The van der Waals surface area contributed by atoms with Crippen LogP contribution in [0, 0.1) is 0 Å². The molecular formula is C21H28N2O4. The minimum Gasteiger partial charge on any atom is -0.491 e. The monoisotopic (exact) mass is 372 g/mol. The van der Waals surface area contributed by atoms with E-state index >= 15 is 0 Å². The summed E-state index contributed by atoms with van der Waals surface area (Å²) >= 11 is 0. The number of allylic oxidation sites excluding steroid dienone is 1. The van der Waals surface area contributed by atoms with Gasteiger partial charge in [0.1, 0.15) is 23.6 Å². The molecule has 0 saturated heterocycles. The van der Waals surface area contributed by atoms with Crippen molar-refractivity contribution in [3.8, 4) is 5.75 Å². The highest BCUT2D eigenvalue weighted by molar-refractivity contribution is 6.06. The van der Waals surface area contributed by atoms with Crippen molar-refractivity contribution in [2.24, 2.45) is 0 Å². The molecule has 0 atom stereocenters. The van der Waals surface area contributed by atoms with Crippen LogP contribution in [-0.4, -0.2) is 33.2 Å². The lowest BCUT2D eigenvalue weighted by molar-refractivity contribution is -0.155. The van der Waals surface area contributed by atoms with Gasteiger partial charge in [-0.05, 0) is 58.7 Å². The third-order valence-corrected chi connectivity index (χ3v) is 3.66. The number of carbonyl (C=O) groups excluding carboxylic acids is 2. The third-order valence-electron chi connectivity index (χ3n) is 3.66. The predicted molar refractivity (Wildman–Crippen MR) is 105 cm³/mol. The molecule has 0 aliphatic carbocycles. The third kappa shape index (κ3) is 5.18. The van der Waals surface area contributed by atoms with Crippen molar-refractivity contribution in [1.29, 1.82) is 0 Å². The van der Waals surface area contributed by atoms with Gasteiger partial charge >= 0.3 is 5.97 Å². The number of rotatable bonds is 7. The highest BCUT2D eigenvalue weighted by Gasteiger charge is 2.22. The van der Waals surface area contributed by atoms with Crippen LogP contribution >= 0.6 is 0 Å². The van der Waals surface area contributed by atoms with E-state index < -0.39 is 11.6 Å². The van der Waals surface area contributed by atoms with E-state index in [0.29, 0.717) is 23.3 Å². The Bertz CT molecular complexity index is 872. The molecule has 2 rings (SSSR count). The van der Waals surface area contributed by atoms with Gasteiger partial charge in [0.15, 0.2) is 5.78 Å². The van der Waals surface area contributed by atoms with E-state index in [2.05, 4.69) is 11.7 Å². The summed E-state index contributed by atoms with van der Waals surface area (Å²) in [5.74, 6) is 0.0805. The molecule has 1 aromatic heterocycles. The summed E-state index contributed by atoms with van der Waals surface area (Å²) in [6.45, 7) is 14.5. The Morgan fingerprint density at radius 3 is 2.48 bits per heavy atom. The summed E-state index contributed by atoms with van der Waals surface area (Å²) < 4.78 is 12.8. The number of fused-ring (bicyclic) bond motifs is 1. The summed E-state index contributed by atoms with van der Waals surface area (Å²) in [5, 5.41) is 5.07. The molecule has 0 N–H and O–H groups in total. The van der Waals surface area contributed by atoms with Crippen molar-refractivity contribution in [2.75, 3.05) is 0 Å². The second-order valence-electron chi connectivity index (χ2n) is 7.79. The van der Waals surface area contributed by atoms with Crippen molar-refractivity contribution >= 4 is 22.7 Å². The van der Waals surface area contributed by atoms with Gasteiger partial charge < -0.3 is 9.47 Å². The number of nitrogens with zero attached hydrogens (tertiary/aromatic N) is 2. The van der Waals surface area contributed by atoms with Gasteiger partial charge in [0.2, 0.25) is 0 Å². The van der Waals surface area contributed by atoms with Crippen LogP contribution in [0.4, 0.5) is 0 Å². The number of ketones is 1. The van der Waals surface area contributed by atoms with Gasteiger partial charge in [0, 0.05) is 12.3 Å². The zero-order chi connectivity index (χ0) is 20.4. The van der Waals surface area contributed by atoms with E-state index in [0.717, 1.165) is 11.1 Å². The van der Waals surface area contributed by atoms with Crippen LogP contribution in [0.15, 0.2) is 24.8 Å². The fourth-order valence-electron chi connectivity index (χ4n) is 2.90. The Labute approximate surface area is 160 Å². The maximum atomic E-state index is 12.3. The van der Waals surface area contributed by atoms with E-state index in [1.54, 1.807) is 12.1 Å². The molecule has 6 heteroatoms. The zero-order valence-corrected chi connectivity index (χ0v) is 17.0. The molecule has 27 heavy (non-hydrogen) atoms. The summed E-state index contributed by atoms with van der Waals surface area (Å²) in [4.78, 5) is 24.5. The Balaban J connectivity index is 2.61. The van der Waals surface area contributed by atoms with Crippen molar-refractivity contribution in [3.05, 3.63) is 36.0 Å². The number of ether oxygens (including phenoxy) is 2. The molecule has 0 aliphatic rings. The molecular weight excluding hydrogens is 344 g/mol. The normalized spacial score (nSPS) is 11.7. The zero-order valence-electron chi connectivity index (χ0n) is 17.0. The molecule has 2 aromatic rings. The molecule has 0 aliphatic heterocycles. The lowest BCUT2D eigenvalue weighted by atomic mass is 10.0. The number of hydrogen-bond acceptors (Lipinski definition) is 5. The maximum absolute atomic E-state index is 12.3. The first kappa shape index (κ1) is 20.7. The van der Waals surface area contributed by atoms with Gasteiger partial charge in [-0.15, -0.1) is 6.58 Å². The Hall–Kier alpha value is -2.63. The largest absolute Gasteiger partial charge is 0.491 e. The van der Waals surface area contributed by atoms with Crippen LogP contribution in [0.5, 0.6) is 5.75 Å². The Kier molecular flexibility index (Phi) is 6.08. The van der Waals surface area contributed by atoms with Crippen molar-refractivity contribution < 1.29 is 19.1 Å². The molecule has 1 heterocycles. The van der Waals surface area contributed by atoms with Crippen LogP contribution in [0.25, 0.3) is 10.9 Å². The number of benzene rings is 1. The first-order chi connectivity index (χ1) is 12.5. The quantitative estimate of drug-likeness (QED) is 0.416. The summed E-state index contributed by atoms with van der Waals surface area (Å²) in [7, 11) is 0. The minimum atomic E-state index is -0.592. The second-order valence-corrected chi connectivity index (χ2v) is 7.79. The average Bonchev–Trinajstić information content (AvgIpc) is 2.83. The molecule has 0 fully saturated rings. The van der Waals surface area contributed by atoms with Crippen molar-refractivity contribution in [2.45, 2.75) is 66.2 Å². The summed E-state index contributed by atoms with van der Waals surface area (Å²) in [6.07, 6.45) is 2.33. The molecule has 0 bridgehead atoms. The van der Waals surface area contributed by atoms with E-state index in [1.807, 2.05) is 40.7 Å². The van der Waals surface area contributed by atoms with Gasteiger partial charge in [-0.25, -0.2) is 0 Å². The van der Waals surface area contributed by atoms with Crippen LogP contribution < -0.4 is 4.74 Å². The van der Waals surface area contributed by atoms with Crippen LogP contribution in [0.3, 0.4) is 0 Å². The first-order valence-corrected chi connectivity index (χ1v) is 9.05. The van der Waals surface area contributed by atoms with Crippen molar-refractivity contribution in [1.82, 2.24) is 9.78 Å². The number of hydrogen-bond donors (Lipinski definition) is 0. The number of aromatic nitrogens is 2. The average molecular weight is 372 g/mol. The summed E-state index contributed by atoms with van der Waals surface area (Å²) in [6, 6.07) is 3.71. The molecule has 0 unspecified atom stereocenters. The standard InChI is InChI=1S/C21H28N2O4/c1-8-9-15-10-16(26-13(2)3)11-17-19(14(4)24)22-23(20(15)17)12-18(25)27-21(5,6)7/h8,10-11,13H,1,9,12H2,2-7H3. The van der Waals surface area contributed by atoms with E-state index in [9.17, 15) is 9.59 Å². The topological polar surface area (TPSA) is 70.4 Å². The predicted octanol–water partition coefficient (Wildman–Crippen LogP) is 4.10. The lowest BCUT2D eigenvalue weighted by Gasteiger charge is -2.19.